The van der Waals surface area contributed by atoms with Crippen LogP contribution in [-0.2, 0) is 0 Å². The molecule has 0 aliphatic carbocycles. The van der Waals surface area contributed by atoms with Crippen LogP contribution in [-0.4, -0.2) is 11.7 Å². The molecule has 20 heavy (non-hydrogen) atoms. The van der Waals surface area contributed by atoms with E-state index in [2.05, 4.69) is 31.2 Å². The van der Waals surface area contributed by atoms with Crippen molar-refractivity contribution in [3.8, 4) is 11.5 Å². The predicted octanol–water partition coefficient (Wildman–Crippen LogP) is 5.33. The number of unbranched alkanes of at least 4 members (excludes halogenated alkanes) is 3. The van der Waals surface area contributed by atoms with E-state index >= 15 is 0 Å². The van der Waals surface area contributed by atoms with E-state index in [1.807, 2.05) is 19.1 Å². The van der Waals surface area contributed by atoms with E-state index in [-0.39, 0.29) is 5.75 Å². The molecule has 1 aromatic rings. The molecule has 0 unspecified atom stereocenters. The summed E-state index contributed by atoms with van der Waals surface area (Å²) in [6.07, 6.45) is 14.6. The Bertz CT molecular complexity index is 433. The fourth-order valence-electron chi connectivity index (χ4n) is 1.93. The Morgan fingerprint density at radius 2 is 1.80 bits per heavy atom. The lowest BCUT2D eigenvalue weighted by Gasteiger charge is -2.06. The molecule has 0 fully saturated rings. The van der Waals surface area contributed by atoms with Gasteiger partial charge in [0.05, 0.1) is 6.61 Å². The monoisotopic (exact) mass is 274 g/mol. The zero-order chi connectivity index (χ0) is 14.6. The number of phenolic OH excluding ortho intramolecular Hbond substituents is 1. The third kappa shape index (κ3) is 6.46. The van der Waals surface area contributed by atoms with E-state index < -0.39 is 0 Å². The lowest BCUT2D eigenvalue weighted by atomic mass is 10.1. The highest BCUT2D eigenvalue weighted by molar-refractivity contribution is 5.55. The molecule has 2 heteroatoms. The van der Waals surface area contributed by atoms with Crippen LogP contribution in [0.5, 0.6) is 11.5 Å². The summed E-state index contributed by atoms with van der Waals surface area (Å²) >= 11 is 0. The van der Waals surface area contributed by atoms with Crippen molar-refractivity contribution in [2.24, 2.45) is 0 Å². The lowest BCUT2D eigenvalue weighted by Crippen LogP contribution is -1.91. The van der Waals surface area contributed by atoms with Gasteiger partial charge >= 0.3 is 0 Å². The third-order valence-electron chi connectivity index (χ3n) is 2.99. The molecular formula is C18H26O2. The maximum atomic E-state index is 9.62. The van der Waals surface area contributed by atoms with E-state index in [4.69, 9.17) is 4.74 Å². The first-order valence-corrected chi connectivity index (χ1v) is 7.55. The van der Waals surface area contributed by atoms with Crippen LogP contribution in [0.15, 0.2) is 36.4 Å². The molecule has 0 bridgehead atoms. The molecule has 0 atom stereocenters. The first-order chi connectivity index (χ1) is 9.77. The normalized spacial score (nSPS) is 11.5. The number of hydrogen-bond acceptors (Lipinski definition) is 2. The number of allylic oxidation sites excluding steroid dienone is 3. The Morgan fingerprint density at radius 1 is 1.05 bits per heavy atom. The zero-order valence-electron chi connectivity index (χ0n) is 12.6. The molecule has 0 aromatic heterocycles. The lowest BCUT2D eigenvalue weighted by molar-refractivity contribution is 0.318. The maximum Gasteiger partial charge on any atom is 0.161 e. The molecule has 0 spiro atoms. The number of benzene rings is 1. The van der Waals surface area contributed by atoms with Gasteiger partial charge in [0.2, 0.25) is 0 Å². The van der Waals surface area contributed by atoms with Crippen molar-refractivity contribution >= 4 is 6.08 Å². The Hall–Kier alpha value is -1.70. The quantitative estimate of drug-likeness (QED) is 0.487. The van der Waals surface area contributed by atoms with Gasteiger partial charge in [0.15, 0.2) is 11.5 Å². The van der Waals surface area contributed by atoms with Gasteiger partial charge in [-0.05, 0) is 56.7 Å². The van der Waals surface area contributed by atoms with Gasteiger partial charge < -0.3 is 9.84 Å². The van der Waals surface area contributed by atoms with Gasteiger partial charge in [-0.15, -0.1) is 0 Å². The Labute approximate surface area is 122 Å². The smallest absolute Gasteiger partial charge is 0.161 e. The van der Waals surface area contributed by atoms with Crippen molar-refractivity contribution in [1.82, 2.24) is 0 Å². The van der Waals surface area contributed by atoms with Crippen molar-refractivity contribution in [2.75, 3.05) is 6.61 Å². The summed E-state index contributed by atoms with van der Waals surface area (Å²) < 4.78 is 5.37. The molecule has 1 aromatic carbocycles. The number of ether oxygens (including phenoxy) is 1. The van der Waals surface area contributed by atoms with Crippen LogP contribution in [0.3, 0.4) is 0 Å². The minimum atomic E-state index is 0.201. The minimum absolute atomic E-state index is 0.201. The first-order valence-electron chi connectivity index (χ1n) is 7.55. The van der Waals surface area contributed by atoms with E-state index in [1.165, 1.54) is 19.3 Å². The summed E-state index contributed by atoms with van der Waals surface area (Å²) in [5, 5.41) is 9.62. The van der Waals surface area contributed by atoms with E-state index in [0.717, 1.165) is 18.4 Å². The van der Waals surface area contributed by atoms with Crippen LogP contribution in [0.4, 0.5) is 0 Å². The fourth-order valence-corrected chi connectivity index (χ4v) is 1.93. The summed E-state index contributed by atoms with van der Waals surface area (Å²) in [6.45, 7) is 4.63. The van der Waals surface area contributed by atoms with Gasteiger partial charge in [-0.2, -0.15) is 0 Å². The molecule has 0 saturated carbocycles. The molecule has 0 radical (unpaired) electrons. The standard InChI is InChI=1S/C18H26O2/c1-3-5-6-7-8-9-10-11-12-16-13-14-17(19)18(15-16)20-4-2/h5-6,11-15,19H,3-4,7-10H2,1-2H3/b6-5-,12-11?. The fraction of sp³-hybridized carbons (Fsp3) is 0.444. The molecular weight excluding hydrogens is 248 g/mol. The van der Waals surface area contributed by atoms with Gasteiger partial charge in [0, 0.05) is 0 Å². The molecule has 0 saturated heterocycles. The van der Waals surface area contributed by atoms with Crippen LogP contribution < -0.4 is 4.74 Å². The molecule has 0 aliphatic heterocycles. The molecule has 0 aliphatic rings. The summed E-state index contributed by atoms with van der Waals surface area (Å²) in [6, 6.07) is 5.46. The van der Waals surface area contributed by atoms with Gasteiger partial charge in [0.25, 0.3) is 0 Å². The van der Waals surface area contributed by atoms with Crippen LogP contribution in [0.25, 0.3) is 6.08 Å². The third-order valence-corrected chi connectivity index (χ3v) is 2.99. The molecule has 0 heterocycles. The number of phenols is 1. The Balaban J connectivity index is 2.34. The summed E-state index contributed by atoms with van der Waals surface area (Å²) in [4.78, 5) is 0. The van der Waals surface area contributed by atoms with Crippen molar-refractivity contribution < 1.29 is 9.84 Å². The molecule has 2 nitrogen and oxygen atoms in total. The second-order valence-corrected chi connectivity index (χ2v) is 4.73. The van der Waals surface area contributed by atoms with Crippen LogP contribution >= 0.6 is 0 Å². The van der Waals surface area contributed by atoms with Crippen molar-refractivity contribution in [3.05, 3.63) is 42.0 Å². The van der Waals surface area contributed by atoms with E-state index in [0.29, 0.717) is 12.4 Å². The Morgan fingerprint density at radius 3 is 2.50 bits per heavy atom. The molecule has 1 N–H and O–H groups in total. The van der Waals surface area contributed by atoms with E-state index in [9.17, 15) is 5.11 Å². The largest absolute Gasteiger partial charge is 0.504 e. The number of hydrogen-bond donors (Lipinski definition) is 1. The average molecular weight is 274 g/mol. The highest BCUT2D eigenvalue weighted by atomic mass is 16.5. The van der Waals surface area contributed by atoms with Gasteiger partial charge in [0.1, 0.15) is 0 Å². The van der Waals surface area contributed by atoms with Crippen LogP contribution in [0, 0.1) is 0 Å². The average Bonchev–Trinajstić information content (AvgIpc) is 2.45. The van der Waals surface area contributed by atoms with E-state index in [1.54, 1.807) is 6.07 Å². The van der Waals surface area contributed by atoms with Gasteiger partial charge in [-0.1, -0.05) is 37.3 Å². The molecule has 0 amide bonds. The Kier molecular flexibility index (Phi) is 8.28. The molecule has 1 rings (SSSR count). The zero-order valence-corrected chi connectivity index (χ0v) is 12.6. The first kappa shape index (κ1) is 16.4. The number of rotatable bonds is 9. The topological polar surface area (TPSA) is 29.5 Å². The SMILES string of the molecule is CC/C=C\CCCCC=Cc1ccc(O)c(OCC)c1. The van der Waals surface area contributed by atoms with Crippen LogP contribution in [0.2, 0.25) is 0 Å². The number of aromatic hydroxyl groups is 1. The summed E-state index contributed by atoms with van der Waals surface area (Å²) in [5.41, 5.74) is 1.07. The summed E-state index contributed by atoms with van der Waals surface area (Å²) in [7, 11) is 0. The minimum Gasteiger partial charge on any atom is -0.504 e. The maximum absolute atomic E-state index is 9.62. The van der Waals surface area contributed by atoms with Crippen molar-refractivity contribution in [3.63, 3.8) is 0 Å². The van der Waals surface area contributed by atoms with Crippen LogP contribution in [0.1, 0.15) is 51.5 Å². The van der Waals surface area contributed by atoms with Crippen molar-refractivity contribution in [2.45, 2.75) is 46.0 Å². The second-order valence-electron chi connectivity index (χ2n) is 4.73. The summed E-state index contributed by atoms with van der Waals surface area (Å²) in [5.74, 6) is 0.756. The van der Waals surface area contributed by atoms with Crippen molar-refractivity contribution in [1.29, 1.82) is 0 Å². The predicted molar refractivity (Wildman–Crippen MR) is 86.2 cm³/mol. The second kappa shape index (κ2) is 10.1. The van der Waals surface area contributed by atoms with Gasteiger partial charge in [-0.3, -0.25) is 0 Å². The highest BCUT2D eigenvalue weighted by Gasteiger charge is 2.01. The highest BCUT2D eigenvalue weighted by Crippen LogP contribution is 2.27. The molecule has 110 valence electrons. The van der Waals surface area contributed by atoms with Gasteiger partial charge in [-0.25, -0.2) is 0 Å².